The lowest BCUT2D eigenvalue weighted by molar-refractivity contribution is -0.107. The van der Waals surface area contributed by atoms with Crippen LogP contribution in [0.25, 0.3) is 0 Å². The molecule has 1 rings (SSSR count). The average Bonchev–Trinajstić information content (AvgIpc) is 2.29. The third-order valence-corrected chi connectivity index (χ3v) is 2.11. The van der Waals surface area contributed by atoms with E-state index in [0.717, 1.165) is 24.7 Å². The molecule has 19 heavy (non-hydrogen) atoms. The van der Waals surface area contributed by atoms with E-state index in [1.54, 1.807) is 33.2 Å². The van der Waals surface area contributed by atoms with Crippen molar-refractivity contribution in [1.82, 2.24) is 9.97 Å². The van der Waals surface area contributed by atoms with Gasteiger partial charge in [0.15, 0.2) is 0 Å². The second-order valence-corrected chi connectivity index (χ2v) is 5.10. The van der Waals surface area contributed by atoms with E-state index in [-0.39, 0.29) is 5.95 Å². The minimum atomic E-state index is -0.582. The largest absolute Gasteiger partial charge is 0.444 e. The molecule has 0 bridgehead atoms. The first kappa shape index (κ1) is 15.1. The van der Waals surface area contributed by atoms with Crippen molar-refractivity contribution >= 4 is 18.3 Å². The molecule has 0 aromatic carbocycles. The predicted molar refractivity (Wildman–Crippen MR) is 70.9 cm³/mol. The molecule has 0 saturated carbocycles. The number of aryl methyl sites for hydroxylation is 1. The summed E-state index contributed by atoms with van der Waals surface area (Å²) in [5, 5.41) is 2.45. The number of carbonyl (C=O) groups is 2. The Morgan fingerprint density at radius 1 is 1.37 bits per heavy atom. The predicted octanol–water partition coefficient (Wildman–Crippen LogP) is 2.35. The van der Waals surface area contributed by atoms with Crippen LogP contribution in [0.5, 0.6) is 0 Å². The van der Waals surface area contributed by atoms with E-state index in [1.165, 1.54) is 0 Å². The van der Waals surface area contributed by atoms with Crippen LogP contribution in [0, 0.1) is 0 Å². The molecule has 0 aliphatic rings. The van der Waals surface area contributed by atoms with Gasteiger partial charge in [-0.3, -0.25) is 5.32 Å². The van der Waals surface area contributed by atoms with Crippen LogP contribution in [0.15, 0.2) is 12.4 Å². The van der Waals surface area contributed by atoms with Gasteiger partial charge in [0.05, 0.1) is 0 Å². The Hall–Kier alpha value is -1.98. The Bertz CT molecular complexity index is 424. The van der Waals surface area contributed by atoms with Crippen LogP contribution in [0.4, 0.5) is 10.7 Å². The highest BCUT2D eigenvalue weighted by atomic mass is 16.6. The molecule has 1 heterocycles. The van der Waals surface area contributed by atoms with Gasteiger partial charge in [0.2, 0.25) is 5.95 Å². The van der Waals surface area contributed by atoms with Gasteiger partial charge in [0.1, 0.15) is 11.9 Å². The summed E-state index contributed by atoms with van der Waals surface area (Å²) in [5.41, 5.74) is 0.371. The average molecular weight is 265 g/mol. The van der Waals surface area contributed by atoms with Crippen molar-refractivity contribution in [2.24, 2.45) is 0 Å². The molecule has 0 atom stereocenters. The SMILES string of the molecule is CC(C)(C)OC(=O)Nc1ncc(CCCC=O)cn1. The number of nitrogens with zero attached hydrogens (tertiary/aromatic N) is 2. The Balaban J connectivity index is 2.47. The summed E-state index contributed by atoms with van der Waals surface area (Å²) in [4.78, 5) is 29.7. The van der Waals surface area contributed by atoms with E-state index in [4.69, 9.17) is 4.74 Å². The Morgan fingerprint density at radius 3 is 2.53 bits per heavy atom. The van der Waals surface area contributed by atoms with Crippen LogP contribution >= 0.6 is 0 Å². The fourth-order valence-electron chi connectivity index (χ4n) is 1.33. The van der Waals surface area contributed by atoms with Crippen molar-refractivity contribution in [2.45, 2.75) is 45.6 Å². The van der Waals surface area contributed by atoms with Gasteiger partial charge < -0.3 is 9.53 Å². The second-order valence-electron chi connectivity index (χ2n) is 5.10. The third kappa shape index (κ3) is 6.49. The molecule has 0 unspecified atom stereocenters. The highest BCUT2D eigenvalue weighted by Gasteiger charge is 2.16. The highest BCUT2D eigenvalue weighted by Crippen LogP contribution is 2.09. The molecule has 0 aliphatic carbocycles. The van der Waals surface area contributed by atoms with Gasteiger partial charge in [-0.15, -0.1) is 0 Å². The van der Waals surface area contributed by atoms with Gasteiger partial charge in [-0.1, -0.05) is 0 Å². The molecular formula is C13H19N3O3. The lowest BCUT2D eigenvalue weighted by Crippen LogP contribution is -2.27. The molecule has 1 N–H and O–H groups in total. The van der Waals surface area contributed by atoms with E-state index < -0.39 is 11.7 Å². The maximum Gasteiger partial charge on any atom is 0.414 e. The molecule has 0 spiro atoms. The van der Waals surface area contributed by atoms with Crippen LogP contribution < -0.4 is 5.32 Å². The minimum absolute atomic E-state index is 0.202. The fourth-order valence-corrected chi connectivity index (χ4v) is 1.33. The molecule has 0 saturated heterocycles. The van der Waals surface area contributed by atoms with Crippen molar-refractivity contribution in [1.29, 1.82) is 0 Å². The van der Waals surface area contributed by atoms with Crippen LogP contribution in [0.1, 0.15) is 39.2 Å². The zero-order valence-electron chi connectivity index (χ0n) is 11.5. The number of rotatable bonds is 5. The number of ether oxygens (including phenoxy) is 1. The van der Waals surface area contributed by atoms with Gasteiger partial charge in [-0.25, -0.2) is 14.8 Å². The van der Waals surface area contributed by atoms with Crippen LogP contribution in [0.2, 0.25) is 0 Å². The Morgan fingerprint density at radius 2 is 2.00 bits per heavy atom. The van der Waals surface area contributed by atoms with Crippen molar-refractivity contribution < 1.29 is 14.3 Å². The third-order valence-electron chi connectivity index (χ3n) is 2.11. The normalized spacial score (nSPS) is 10.9. The van der Waals surface area contributed by atoms with Crippen molar-refractivity contribution in [3.8, 4) is 0 Å². The number of hydrogen-bond acceptors (Lipinski definition) is 5. The molecule has 1 aromatic rings. The molecule has 0 fully saturated rings. The van der Waals surface area contributed by atoms with Gasteiger partial charge >= 0.3 is 6.09 Å². The Kier molecular flexibility index (Phi) is 5.41. The zero-order valence-corrected chi connectivity index (χ0v) is 11.5. The number of amides is 1. The summed E-state index contributed by atoms with van der Waals surface area (Å²) in [6, 6.07) is 0. The number of aromatic nitrogens is 2. The van der Waals surface area contributed by atoms with Crippen molar-refractivity contribution in [3.05, 3.63) is 18.0 Å². The first-order valence-corrected chi connectivity index (χ1v) is 6.15. The van der Waals surface area contributed by atoms with E-state index in [9.17, 15) is 9.59 Å². The van der Waals surface area contributed by atoms with Gasteiger partial charge in [0.25, 0.3) is 0 Å². The van der Waals surface area contributed by atoms with E-state index >= 15 is 0 Å². The van der Waals surface area contributed by atoms with E-state index in [0.29, 0.717) is 6.42 Å². The maximum atomic E-state index is 11.5. The van der Waals surface area contributed by atoms with Crippen LogP contribution in [-0.2, 0) is 16.0 Å². The van der Waals surface area contributed by atoms with Gasteiger partial charge in [-0.2, -0.15) is 0 Å². The van der Waals surface area contributed by atoms with Crippen LogP contribution in [-0.4, -0.2) is 27.9 Å². The number of carbonyl (C=O) groups excluding carboxylic acids is 2. The van der Waals surface area contributed by atoms with Crippen molar-refractivity contribution in [2.75, 3.05) is 5.32 Å². The molecule has 6 heteroatoms. The fraction of sp³-hybridized carbons (Fsp3) is 0.538. The molecule has 0 radical (unpaired) electrons. The molecule has 104 valence electrons. The van der Waals surface area contributed by atoms with Gasteiger partial charge in [0, 0.05) is 18.8 Å². The highest BCUT2D eigenvalue weighted by molar-refractivity contribution is 5.82. The number of nitrogens with one attached hydrogen (secondary N) is 1. The van der Waals surface area contributed by atoms with Crippen molar-refractivity contribution in [3.63, 3.8) is 0 Å². The number of unbranched alkanes of at least 4 members (excludes halogenated alkanes) is 1. The zero-order chi connectivity index (χ0) is 14.3. The molecule has 0 aliphatic heterocycles. The summed E-state index contributed by atoms with van der Waals surface area (Å²) in [6.07, 6.45) is 5.60. The van der Waals surface area contributed by atoms with E-state index in [1.807, 2.05) is 0 Å². The van der Waals surface area contributed by atoms with Gasteiger partial charge in [-0.05, 0) is 39.2 Å². The standard InChI is InChI=1S/C13H19N3O3/c1-13(2,3)19-12(18)16-11-14-8-10(9-15-11)6-4-5-7-17/h7-9H,4-6H2,1-3H3,(H,14,15,16,18). The topological polar surface area (TPSA) is 81.2 Å². The maximum absolute atomic E-state index is 11.5. The number of anilines is 1. The number of aldehydes is 1. The lowest BCUT2D eigenvalue weighted by atomic mass is 10.1. The quantitative estimate of drug-likeness (QED) is 0.652. The smallest absolute Gasteiger partial charge is 0.414 e. The minimum Gasteiger partial charge on any atom is -0.444 e. The first-order valence-electron chi connectivity index (χ1n) is 6.15. The second kappa shape index (κ2) is 6.82. The van der Waals surface area contributed by atoms with Crippen LogP contribution in [0.3, 0.4) is 0 Å². The first-order chi connectivity index (χ1) is 8.90. The summed E-state index contributed by atoms with van der Waals surface area (Å²) in [5.74, 6) is 0.202. The number of hydrogen-bond donors (Lipinski definition) is 1. The lowest BCUT2D eigenvalue weighted by Gasteiger charge is -2.19. The monoisotopic (exact) mass is 265 g/mol. The molecular weight excluding hydrogens is 246 g/mol. The van der Waals surface area contributed by atoms with E-state index in [2.05, 4.69) is 15.3 Å². The molecule has 1 aromatic heterocycles. The molecule has 1 amide bonds. The molecule has 6 nitrogen and oxygen atoms in total. The Labute approximate surface area is 112 Å². The summed E-state index contributed by atoms with van der Waals surface area (Å²) < 4.78 is 5.08. The summed E-state index contributed by atoms with van der Waals surface area (Å²) in [7, 11) is 0. The summed E-state index contributed by atoms with van der Waals surface area (Å²) >= 11 is 0. The summed E-state index contributed by atoms with van der Waals surface area (Å²) in [6.45, 7) is 5.34.